The van der Waals surface area contributed by atoms with Gasteiger partial charge in [0.15, 0.2) is 0 Å². The Morgan fingerprint density at radius 2 is 0.787 bits per heavy atom. The number of esters is 2. The Morgan fingerprint density at radius 1 is 0.449 bits per heavy atom. The van der Waals surface area contributed by atoms with Gasteiger partial charge in [-0.3, -0.25) is 9.59 Å². The van der Waals surface area contributed by atoms with Crippen molar-refractivity contribution in [3.05, 3.63) is 188 Å². The van der Waals surface area contributed by atoms with E-state index in [2.05, 4.69) is 24.9 Å². The Kier molecular flexibility index (Phi) is 23.0. The zero-order chi connectivity index (χ0) is 66.9. The second-order valence-corrected chi connectivity index (χ2v) is 21.2. The Morgan fingerprint density at radius 3 is 1.07 bits per heavy atom. The summed E-state index contributed by atoms with van der Waals surface area (Å²) in [6.07, 6.45) is -21.7. The van der Waals surface area contributed by atoms with Crippen LogP contribution in [0.25, 0.3) is 22.3 Å². The third kappa shape index (κ3) is 15.3. The van der Waals surface area contributed by atoms with Crippen LogP contribution in [0.3, 0.4) is 0 Å². The fourth-order valence-corrected chi connectivity index (χ4v) is 10.7. The van der Waals surface area contributed by atoms with E-state index in [1.165, 1.54) is 57.4 Å². The SMILES string of the molecule is CCC(CC)(c1ccc(C#CC(O)(C(F)(F)F)C(F)(F)F)c(C)c1)c1ccc(-c2ccc(CC(=O)OC)c(F)c2)c(C)c1.CCC(CC)(c1ccc(C#CC(OCOC)(C(F)(F)F)C(F)(F)F)c(C)c1)c1ccc(-c2ccc(CC(=O)OC)c(F)c2)c(C)c1. The van der Waals surface area contributed by atoms with Crippen LogP contribution in [0, 0.1) is 63.0 Å². The monoisotopic (exact) mass is 1260 g/mol. The number of methoxy groups -OCH3 is 3. The summed E-state index contributed by atoms with van der Waals surface area (Å²) >= 11 is 0. The third-order valence-corrected chi connectivity index (χ3v) is 16.1. The molecule has 0 unspecified atom stereocenters. The van der Waals surface area contributed by atoms with Crippen LogP contribution in [-0.2, 0) is 52.2 Å². The van der Waals surface area contributed by atoms with E-state index in [1.807, 2.05) is 83.9 Å². The van der Waals surface area contributed by atoms with Crippen LogP contribution in [0.5, 0.6) is 0 Å². The molecule has 89 heavy (non-hydrogen) atoms. The number of ether oxygens (including phenoxy) is 4. The van der Waals surface area contributed by atoms with Gasteiger partial charge in [-0.05, 0) is 167 Å². The zero-order valence-corrected chi connectivity index (χ0v) is 50.5. The van der Waals surface area contributed by atoms with Crippen molar-refractivity contribution >= 4 is 11.9 Å². The first-order valence-electron chi connectivity index (χ1n) is 27.8. The minimum atomic E-state index is -6.04. The van der Waals surface area contributed by atoms with E-state index < -0.39 is 77.1 Å². The largest absolute Gasteiger partial charge is 0.469 e. The molecule has 6 rings (SSSR count). The molecule has 7 nitrogen and oxygen atoms in total. The Balaban J connectivity index is 0.000000325. The van der Waals surface area contributed by atoms with Crippen LogP contribution in [-0.4, -0.2) is 81.1 Å². The van der Waals surface area contributed by atoms with Crippen molar-refractivity contribution < 1.29 is 95.1 Å². The number of rotatable bonds is 17. The van der Waals surface area contributed by atoms with Crippen LogP contribution in [0.1, 0.15) is 120 Å². The lowest BCUT2D eigenvalue weighted by Crippen LogP contribution is -2.58. The first-order chi connectivity index (χ1) is 41.4. The highest BCUT2D eigenvalue weighted by molar-refractivity contribution is 5.75. The van der Waals surface area contributed by atoms with Gasteiger partial charge >= 0.3 is 47.8 Å². The molecule has 0 aliphatic carbocycles. The summed E-state index contributed by atoms with van der Waals surface area (Å²) in [4.78, 5) is 23.1. The average Bonchev–Trinajstić information content (AvgIpc) is 1.18. The molecular formula is C68H66F14O7. The van der Waals surface area contributed by atoms with Gasteiger partial charge in [-0.25, -0.2) is 8.78 Å². The fraction of sp³-hybridized carbons (Fsp3) is 0.382. The lowest BCUT2D eigenvalue weighted by atomic mass is 9.69. The first-order valence-corrected chi connectivity index (χ1v) is 27.8. The summed E-state index contributed by atoms with van der Waals surface area (Å²) in [6, 6.07) is 30.2. The van der Waals surface area contributed by atoms with Gasteiger partial charge in [0, 0.05) is 29.1 Å². The zero-order valence-electron chi connectivity index (χ0n) is 50.5. The highest BCUT2D eigenvalue weighted by atomic mass is 19.4. The molecule has 0 bridgehead atoms. The van der Waals surface area contributed by atoms with Crippen LogP contribution >= 0.6 is 0 Å². The molecule has 0 spiro atoms. The van der Waals surface area contributed by atoms with Gasteiger partial charge in [0.05, 0.1) is 27.1 Å². The van der Waals surface area contributed by atoms with E-state index in [-0.39, 0.29) is 35.1 Å². The maximum atomic E-state index is 14.8. The Hall–Kier alpha value is -7.72. The Bertz CT molecular complexity index is 3610. The van der Waals surface area contributed by atoms with Crippen molar-refractivity contribution in [2.45, 2.75) is 141 Å². The fourth-order valence-electron chi connectivity index (χ4n) is 10.7. The Labute approximate surface area is 507 Å². The van der Waals surface area contributed by atoms with E-state index in [4.69, 9.17) is 0 Å². The number of hydrogen-bond donors (Lipinski definition) is 1. The van der Waals surface area contributed by atoms with E-state index in [1.54, 1.807) is 49.4 Å². The minimum absolute atomic E-state index is 0.0204. The van der Waals surface area contributed by atoms with Crippen molar-refractivity contribution in [2.75, 3.05) is 28.1 Å². The number of halogens is 14. The molecule has 0 atom stereocenters. The summed E-state index contributed by atoms with van der Waals surface area (Å²) in [5.74, 6) is 4.09. The van der Waals surface area contributed by atoms with Crippen LogP contribution in [0.2, 0.25) is 0 Å². The lowest BCUT2D eigenvalue weighted by molar-refractivity contribution is -0.368. The van der Waals surface area contributed by atoms with E-state index in [9.17, 15) is 76.2 Å². The van der Waals surface area contributed by atoms with Crippen molar-refractivity contribution in [2.24, 2.45) is 0 Å². The van der Waals surface area contributed by atoms with Crippen molar-refractivity contribution in [3.8, 4) is 45.9 Å². The van der Waals surface area contributed by atoms with Crippen molar-refractivity contribution in [1.29, 1.82) is 0 Å². The molecule has 0 aliphatic heterocycles. The van der Waals surface area contributed by atoms with Gasteiger partial charge in [0.1, 0.15) is 18.4 Å². The van der Waals surface area contributed by atoms with Crippen molar-refractivity contribution in [3.63, 3.8) is 0 Å². The number of hydrogen-bond acceptors (Lipinski definition) is 7. The first kappa shape index (κ1) is 72.0. The van der Waals surface area contributed by atoms with Gasteiger partial charge in [0.25, 0.3) is 0 Å². The van der Waals surface area contributed by atoms with Crippen LogP contribution < -0.4 is 0 Å². The molecule has 0 amide bonds. The predicted octanol–water partition coefficient (Wildman–Crippen LogP) is 16.9. The highest BCUT2D eigenvalue weighted by Crippen LogP contribution is 2.48. The van der Waals surface area contributed by atoms with E-state index in [0.717, 1.165) is 57.5 Å². The summed E-state index contributed by atoms with van der Waals surface area (Å²) in [6.45, 7) is 13.5. The molecular weight excluding hydrogens is 1190 g/mol. The summed E-state index contributed by atoms with van der Waals surface area (Å²) in [5, 5.41) is 9.39. The second kappa shape index (κ2) is 28.4. The quantitative estimate of drug-likeness (QED) is 0.0421. The van der Waals surface area contributed by atoms with E-state index >= 15 is 0 Å². The number of alkyl halides is 12. The van der Waals surface area contributed by atoms with Gasteiger partial charge in [-0.1, -0.05) is 124 Å². The molecule has 0 heterocycles. The topological polar surface area (TPSA) is 91.3 Å². The van der Waals surface area contributed by atoms with Gasteiger partial charge in [-0.15, -0.1) is 0 Å². The molecule has 6 aromatic rings. The molecule has 0 aliphatic rings. The number of aryl methyl sites for hydroxylation is 4. The molecule has 0 saturated heterocycles. The average molecular weight is 1260 g/mol. The van der Waals surface area contributed by atoms with Crippen molar-refractivity contribution in [1.82, 2.24) is 0 Å². The highest BCUT2D eigenvalue weighted by Gasteiger charge is 2.73. The third-order valence-electron chi connectivity index (χ3n) is 16.1. The maximum absolute atomic E-state index is 14.8. The van der Waals surface area contributed by atoms with Crippen LogP contribution in [0.15, 0.2) is 109 Å². The predicted molar refractivity (Wildman–Crippen MR) is 308 cm³/mol. The van der Waals surface area contributed by atoms with Gasteiger partial charge in [-0.2, -0.15) is 52.7 Å². The second-order valence-electron chi connectivity index (χ2n) is 21.2. The minimum Gasteiger partial charge on any atom is -0.469 e. The normalized spacial score (nSPS) is 12.5. The maximum Gasteiger partial charge on any atom is 0.438 e. The van der Waals surface area contributed by atoms with Crippen LogP contribution in [0.4, 0.5) is 61.5 Å². The molecule has 0 fully saturated rings. The summed E-state index contributed by atoms with van der Waals surface area (Å²) in [7, 11) is 3.37. The smallest absolute Gasteiger partial charge is 0.438 e. The summed E-state index contributed by atoms with van der Waals surface area (Å²) in [5.41, 5.74) is -2.01. The number of aliphatic hydroxyl groups is 1. The number of benzene rings is 6. The number of carbonyl (C=O) groups is 2. The molecule has 6 aromatic carbocycles. The lowest BCUT2D eigenvalue weighted by Gasteiger charge is -2.34. The molecule has 0 aromatic heterocycles. The van der Waals surface area contributed by atoms with Gasteiger partial charge < -0.3 is 24.1 Å². The number of carbonyl (C=O) groups excluding carboxylic acids is 2. The standard InChI is InChI=1S/C35H35F7O4.C33H31F7O3/c1-7-32(8-2,28-13-14-29(23(4)18-28)25-9-10-26(30(36)19-25)20-31(43)45-6)27-12-11-24(22(3)17-27)15-16-33(34(37,38)39,35(40,41)42)46-21-44-5;1-6-30(7-2,25-11-10-22(20(3)16-25)14-15-31(42,32(35,36)37)33(38,39)40)26-12-13-27(21(4)17-26)23-8-9-24(28(34)18-23)19-29(41)43-5/h9-14,17-19H,7-8,20-21H2,1-6H3;8-13,16-18,42H,6-7,19H2,1-5H3. The summed E-state index contributed by atoms with van der Waals surface area (Å²) < 4.78 is 208. The molecule has 0 radical (unpaired) electrons. The molecule has 1 N–H and O–H groups in total. The molecule has 21 heteroatoms. The molecule has 478 valence electrons. The van der Waals surface area contributed by atoms with Gasteiger partial charge in [0.2, 0.25) is 0 Å². The van der Waals surface area contributed by atoms with E-state index in [0.29, 0.717) is 47.9 Å². The molecule has 0 saturated carbocycles.